The summed E-state index contributed by atoms with van der Waals surface area (Å²) in [6.07, 6.45) is -3.28. The van der Waals surface area contributed by atoms with Gasteiger partial charge in [-0.1, -0.05) is 19.1 Å². The highest BCUT2D eigenvalue weighted by molar-refractivity contribution is 5.36. The Morgan fingerprint density at radius 2 is 1.90 bits per heavy atom. The second-order valence-corrected chi connectivity index (χ2v) is 4.62. The highest BCUT2D eigenvalue weighted by atomic mass is 19.4. The molecule has 0 bridgehead atoms. The van der Waals surface area contributed by atoms with Crippen molar-refractivity contribution in [3.05, 3.63) is 54.0 Å². The van der Waals surface area contributed by atoms with Crippen molar-refractivity contribution in [3.63, 3.8) is 0 Å². The zero-order chi connectivity index (χ0) is 15.5. The van der Waals surface area contributed by atoms with Gasteiger partial charge in [0.2, 0.25) is 0 Å². The van der Waals surface area contributed by atoms with Crippen molar-refractivity contribution in [2.45, 2.75) is 31.7 Å². The number of rotatable bonds is 5. The Balaban J connectivity index is 2.34. The first-order valence-corrected chi connectivity index (χ1v) is 6.55. The molecule has 2 N–H and O–H groups in total. The number of ether oxygens (including phenoxy) is 1. The van der Waals surface area contributed by atoms with Crippen LogP contribution in [-0.4, -0.2) is 6.04 Å². The quantitative estimate of drug-likeness (QED) is 0.902. The molecular formula is C15H16F3NO2. The summed E-state index contributed by atoms with van der Waals surface area (Å²) < 4.78 is 49.7. The van der Waals surface area contributed by atoms with E-state index < -0.39 is 23.9 Å². The van der Waals surface area contributed by atoms with Crippen molar-refractivity contribution >= 4 is 0 Å². The molecular weight excluding hydrogens is 283 g/mol. The van der Waals surface area contributed by atoms with Crippen molar-refractivity contribution in [1.82, 2.24) is 0 Å². The number of furan rings is 1. The van der Waals surface area contributed by atoms with Gasteiger partial charge in [0, 0.05) is 6.04 Å². The molecule has 0 fully saturated rings. The van der Waals surface area contributed by atoms with E-state index in [2.05, 4.69) is 0 Å². The summed E-state index contributed by atoms with van der Waals surface area (Å²) in [6, 6.07) is 7.86. The van der Waals surface area contributed by atoms with E-state index in [4.69, 9.17) is 14.9 Å². The van der Waals surface area contributed by atoms with Crippen molar-refractivity contribution < 1.29 is 22.3 Å². The molecule has 3 nitrogen and oxygen atoms in total. The van der Waals surface area contributed by atoms with Gasteiger partial charge in [0.25, 0.3) is 0 Å². The second-order valence-electron chi connectivity index (χ2n) is 4.62. The van der Waals surface area contributed by atoms with Crippen LogP contribution in [0.3, 0.4) is 0 Å². The molecule has 1 heterocycles. The average Bonchev–Trinajstić information content (AvgIpc) is 2.97. The number of benzene rings is 1. The SMILES string of the molecule is CCC(N)C(Oc1ccccc1C(F)(F)F)c1ccco1. The Hall–Kier alpha value is -1.95. The number of para-hydroxylation sites is 1. The Bertz CT molecular complexity index is 567. The molecule has 2 unspecified atom stereocenters. The van der Waals surface area contributed by atoms with E-state index in [1.165, 1.54) is 24.5 Å². The van der Waals surface area contributed by atoms with Gasteiger partial charge < -0.3 is 14.9 Å². The first kappa shape index (κ1) is 15.4. The maximum atomic E-state index is 13.0. The predicted octanol–water partition coefficient (Wildman–Crippen LogP) is 4.16. The first-order chi connectivity index (χ1) is 9.93. The van der Waals surface area contributed by atoms with Crippen molar-refractivity contribution in [2.24, 2.45) is 5.73 Å². The molecule has 0 saturated carbocycles. The number of nitrogens with two attached hydrogens (primary N) is 1. The summed E-state index contributed by atoms with van der Waals surface area (Å²) in [5, 5.41) is 0. The average molecular weight is 299 g/mol. The number of hydrogen-bond donors (Lipinski definition) is 1. The van der Waals surface area contributed by atoms with E-state index in [0.29, 0.717) is 12.2 Å². The van der Waals surface area contributed by atoms with Crippen LogP contribution in [0, 0.1) is 0 Å². The summed E-state index contributed by atoms with van der Waals surface area (Å²) in [4.78, 5) is 0. The molecule has 0 aliphatic heterocycles. The van der Waals surface area contributed by atoms with Crippen LogP contribution in [0.25, 0.3) is 0 Å². The lowest BCUT2D eigenvalue weighted by Crippen LogP contribution is -2.31. The minimum atomic E-state index is -4.49. The molecule has 6 heteroatoms. The summed E-state index contributed by atoms with van der Waals surface area (Å²) in [6.45, 7) is 1.83. The summed E-state index contributed by atoms with van der Waals surface area (Å²) in [5.41, 5.74) is 5.12. The molecule has 21 heavy (non-hydrogen) atoms. The minimum Gasteiger partial charge on any atom is -0.480 e. The van der Waals surface area contributed by atoms with Crippen molar-refractivity contribution in [1.29, 1.82) is 0 Å². The van der Waals surface area contributed by atoms with Crippen LogP contribution in [0.2, 0.25) is 0 Å². The monoisotopic (exact) mass is 299 g/mol. The van der Waals surface area contributed by atoms with Gasteiger partial charge in [-0.25, -0.2) is 0 Å². The van der Waals surface area contributed by atoms with Gasteiger partial charge in [-0.3, -0.25) is 0 Å². The van der Waals surface area contributed by atoms with E-state index in [1.54, 1.807) is 12.1 Å². The van der Waals surface area contributed by atoms with Crippen molar-refractivity contribution in [2.75, 3.05) is 0 Å². The first-order valence-electron chi connectivity index (χ1n) is 6.55. The molecule has 0 saturated heterocycles. The van der Waals surface area contributed by atoms with Gasteiger partial charge in [-0.2, -0.15) is 13.2 Å². The van der Waals surface area contributed by atoms with Gasteiger partial charge in [0.05, 0.1) is 11.8 Å². The third-order valence-corrected chi connectivity index (χ3v) is 3.13. The molecule has 0 aliphatic carbocycles. The standard InChI is InChI=1S/C15H16F3NO2/c1-2-11(19)14(13-8-5-9-20-13)21-12-7-4-3-6-10(12)15(16,17)18/h3-9,11,14H,2,19H2,1H3. The second kappa shape index (κ2) is 6.22. The van der Waals surface area contributed by atoms with Crippen molar-refractivity contribution in [3.8, 4) is 5.75 Å². The van der Waals surface area contributed by atoms with E-state index in [0.717, 1.165) is 6.07 Å². The van der Waals surface area contributed by atoms with Gasteiger partial charge in [0.1, 0.15) is 11.5 Å². The lowest BCUT2D eigenvalue weighted by molar-refractivity contribution is -0.139. The van der Waals surface area contributed by atoms with E-state index in [1.807, 2.05) is 6.92 Å². The van der Waals surface area contributed by atoms with Crippen LogP contribution >= 0.6 is 0 Å². The van der Waals surface area contributed by atoms with E-state index in [9.17, 15) is 13.2 Å². The molecule has 114 valence electrons. The summed E-state index contributed by atoms with van der Waals surface area (Å²) in [5.74, 6) is 0.150. The fourth-order valence-electron chi connectivity index (χ4n) is 1.96. The third kappa shape index (κ3) is 3.58. The molecule has 2 atom stereocenters. The number of alkyl halides is 3. The Morgan fingerprint density at radius 3 is 2.48 bits per heavy atom. The van der Waals surface area contributed by atoms with Crippen LogP contribution in [0.5, 0.6) is 5.75 Å². The number of hydrogen-bond acceptors (Lipinski definition) is 3. The fraction of sp³-hybridized carbons (Fsp3) is 0.333. The predicted molar refractivity (Wildman–Crippen MR) is 71.8 cm³/mol. The highest BCUT2D eigenvalue weighted by Crippen LogP contribution is 2.38. The Labute approximate surface area is 120 Å². The largest absolute Gasteiger partial charge is 0.480 e. The molecule has 0 radical (unpaired) electrons. The van der Waals surface area contributed by atoms with E-state index >= 15 is 0 Å². The zero-order valence-corrected chi connectivity index (χ0v) is 11.4. The van der Waals surface area contributed by atoms with Crippen LogP contribution in [-0.2, 0) is 6.18 Å². The topological polar surface area (TPSA) is 48.4 Å². The molecule has 1 aromatic heterocycles. The van der Waals surface area contributed by atoms with Gasteiger partial charge in [0.15, 0.2) is 6.10 Å². The maximum Gasteiger partial charge on any atom is 0.419 e. The van der Waals surface area contributed by atoms with Gasteiger partial charge >= 0.3 is 6.18 Å². The zero-order valence-electron chi connectivity index (χ0n) is 11.4. The van der Waals surface area contributed by atoms with E-state index in [-0.39, 0.29) is 5.75 Å². The van der Waals surface area contributed by atoms with Crippen LogP contribution in [0.15, 0.2) is 47.1 Å². The molecule has 0 aliphatic rings. The summed E-state index contributed by atoms with van der Waals surface area (Å²) in [7, 11) is 0. The lowest BCUT2D eigenvalue weighted by atomic mass is 10.1. The number of halogens is 3. The van der Waals surface area contributed by atoms with Crippen LogP contribution in [0.4, 0.5) is 13.2 Å². The Morgan fingerprint density at radius 1 is 1.19 bits per heavy atom. The third-order valence-electron chi connectivity index (χ3n) is 3.13. The molecule has 2 aromatic rings. The highest BCUT2D eigenvalue weighted by Gasteiger charge is 2.35. The molecule has 0 amide bonds. The molecule has 2 rings (SSSR count). The Kier molecular flexibility index (Phi) is 4.57. The molecule has 0 spiro atoms. The van der Waals surface area contributed by atoms with Gasteiger partial charge in [-0.05, 0) is 30.7 Å². The fourth-order valence-corrected chi connectivity index (χ4v) is 1.96. The smallest absolute Gasteiger partial charge is 0.419 e. The van der Waals surface area contributed by atoms with Crippen LogP contribution in [0.1, 0.15) is 30.8 Å². The molecule has 1 aromatic carbocycles. The van der Waals surface area contributed by atoms with Gasteiger partial charge in [-0.15, -0.1) is 0 Å². The lowest BCUT2D eigenvalue weighted by Gasteiger charge is -2.24. The summed E-state index contributed by atoms with van der Waals surface area (Å²) >= 11 is 0. The van der Waals surface area contributed by atoms with Crippen LogP contribution < -0.4 is 10.5 Å². The normalized spacial score (nSPS) is 14.7. The maximum absolute atomic E-state index is 13.0. The minimum absolute atomic E-state index is 0.254.